The molecule has 2 rings (SSSR count). The summed E-state index contributed by atoms with van der Waals surface area (Å²) in [5.41, 5.74) is 9.22. The van der Waals surface area contributed by atoms with Crippen LogP contribution >= 0.6 is 0 Å². The van der Waals surface area contributed by atoms with E-state index >= 15 is 0 Å². The van der Waals surface area contributed by atoms with Crippen molar-refractivity contribution in [2.24, 2.45) is 5.73 Å². The van der Waals surface area contributed by atoms with Crippen molar-refractivity contribution < 1.29 is 9.47 Å². The van der Waals surface area contributed by atoms with Crippen molar-refractivity contribution in [2.75, 3.05) is 14.2 Å². The van der Waals surface area contributed by atoms with Gasteiger partial charge >= 0.3 is 0 Å². The fourth-order valence-electron chi connectivity index (χ4n) is 1.94. The Morgan fingerprint density at radius 2 is 1.85 bits per heavy atom. The van der Waals surface area contributed by atoms with Crippen LogP contribution in [0.3, 0.4) is 0 Å². The second kappa shape index (κ2) is 6.34. The lowest BCUT2D eigenvalue weighted by Gasteiger charge is -2.14. The maximum atomic E-state index is 6.21. The first-order valence-electron chi connectivity index (χ1n) is 6.40. The van der Waals surface area contributed by atoms with E-state index in [4.69, 9.17) is 15.2 Å². The van der Waals surface area contributed by atoms with E-state index in [0.717, 1.165) is 5.56 Å². The maximum Gasteiger partial charge on any atom is 0.240 e. The summed E-state index contributed by atoms with van der Waals surface area (Å²) in [7, 11) is 3.08. The third-order valence-corrected chi connectivity index (χ3v) is 3.07. The molecule has 0 saturated carbocycles. The van der Waals surface area contributed by atoms with Gasteiger partial charge in [-0.25, -0.2) is 4.98 Å². The lowest BCUT2D eigenvalue weighted by molar-refractivity contribution is 0.353. The first-order chi connectivity index (χ1) is 9.63. The number of aryl methyl sites for hydroxylation is 1. The van der Waals surface area contributed by atoms with Gasteiger partial charge in [0.15, 0.2) is 0 Å². The summed E-state index contributed by atoms with van der Waals surface area (Å²) in [6.07, 6.45) is 2.23. The number of rotatable bonds is 5. The zero-order valence-corrected chi connectivity index (χ0v) is 12.0. The van der Waals surface area contributed by atoms with Gasteiger partial charge in [0.05, 0.1) is 26.5 Å². The molecule has 0 aliphatic heterocycles. The Bertz CT molecular complexity index is 570. The van der Waals surface area contributed by atoms with Gasteiger partial charge in [-0.3, -0.25) is 0 Å². The van der Waals surface area contributed by atoms with E-state index in [1.165, 1.54) is 12.7 Å². The molecule has 0 fully saturated rings. The van der Waals surface area contributed by atoms with Crippen molar-refractivity contribution in [3.05, 3.63) is 47.3 Å². The predicted molar refractivity (Wildman–Crippen MR) is 76.9 cm³/mol. The summed E-state index contributed by atoms with van der Waals surface area (Å²) in [5, 5.41) is 0. The first kappa shape index (κ1) is 14.3. The van der Waals surface area contributed by atoms with Gasteiger partial charge in [0.2, 0.25) is 11.8 Å². The number of nitrogens with two attached hydrogens (primary N) is 1. The SMILES string of the molecule is COc1cnc(C(N)Cc2ccc(C)cc2)c(OC)n1. The van der Waals surface area contributed by atoms with Crippen molar-refractivity contribution >= 4 is 0 Å². The molecule has 2 N–H and O–H groups in total. The number of benzene rings is 1. The average molecular weight is 273 g/mol. The number of ether oxygens (including phenoxy) is 2. The van der Waals surface area contributed by atoms with Crippen LogP contribution in [0.2, 0.25) is 0 Å². The van der Waals surface area contributed by atoms with E-state index in [9.17, 15) is 0 Å². The molecule has 0 radical (unpaired) electrons. The Morgan fingerprint density at radius 1 is 1.15 bits per heavy atom. The standard InChI is InChI=1S/C15H19N3O2/c1-10-4-6-11(7-5-10)8-12(16)14-15(20-3)18-13(19-2)9-17-14/h4-7,9,12H,8,16H2,1-3H3. The molecule has 1 unspecified atom stereocenters. The van der Waals surface area contributed by atoms with Gasteiger partial charge in [-0.2, -0.15) is 4.98 Å². The quantitative estimate of drug-likeness (QED) is 0.902. The Hall–Kier alpha value is -2.14. The fourth-order valence-corrected chi connectivity index (χ4v) is 1.94. The molecule has 0 amide bonds. The van der Waals surface area contributed by atoms with E-state index in [2.05, 4.69) is 41.2 Å². The summed E-state index contributed by atoms with van der Waals surface area (Å²) < 4.78 is 10.3. The van der Waals surface area contributed by atoms with Gasteiger partial charge in [0.1, 0.15) is 5.69 Å². The Labute approximate surface area is 118 Å². The minimum atomic E-state index is -0.272. The molecule has 1 aromatic carbocycles. The summed E-state index contributed by atoms with van der Waals surface area (Å²) in [5.74, 6) is 0.817. The van der Waals surface area contributed by atoms with E-state index in [-0.39, 0.29) is 6.04 Å². The molecule has 2 aromatic rings. The largest absolute Gasteiger partial charge is 0.480 e. The topological polar surface area (TPSA) is 70.3 Å². The van der Waals surface area contributed by atoms with Gasteiger partial charge in [0, 0.05) is 0 Å². The van der Waals surface area contributed by atoms with Crippen molar-refractivity contribution in [2.45, 2.75) is 19.4 Å². The minimum Gasteiger partial charge on any atom is -0.480 e. The number of hydrogen-bond acceptors (Lipinski definition) is 5. The van der Waals surface area contributed by atoms with E-state index < -0.39 is 0 Å². The monoisotopic (exact) mass is 273 g/mol. The van der Waals surface area contributed by atoms with Gasteiger partial charge in [0.25, 0.3) is 0 Å². The molecule has 5 nitrogen and oxygen atoms in total. The molecule has 0 aliphatic rings. The summed E-state index contributed by atoms with van der Waals surface area (Å²) in [6.45, 7) is 2.06. The van der Waals surface area contributed by atoms with E-state index in [1.807, 2.05) is 0 Å². The van der Waals surface area contributed by atoms with Crippen LogP contribution in [0, 0.1) is 6.92 Å². The van der Waals surface area contributed by atoms with Crippen LogP contribution in [-0.2, 0) is 6.42 Å². The molecule has 5 heteroatoms. The third kappa shape index (κ3) is 3.24. The number of nitrogens with zero attached hydrogens (tertiary/aromatic N) is 2. The van der Waals surface area contributed by atoms with Gasteiger partial charge in [-0.05, 0) is 18.9 Å². The van der Waals surface area contributed by atoms with Crippen molar-refractivity contribution in [1.82, 2.24) is 9.97 Å². The maximum absolute atomic E-state index is 6.21. The number of methoxy groups -OCH3 is 2. The summed E-state index contributed by atoms with van der Waals surface area (Å²) in [6, 6.07) is 8.00. The normalized spacial score (nSPS) is 12.0. The Kier molecular flexibility index (Phi) is 4.53. The molecule has 1 atom stereocenters. The molecule has 1 aromatic heterocycles. The molecule has 0 aliphatic carbocycles. The minimum absolute atomic E-state index is 0.272. The van der Waals surface area contributed by atoms with Crippen LogP contribution in [-0.4, -0.2) is 24.2 Å². The van der Waals surface area contributed by atoms with Crippen LogP contribution in [0.4, 0.5) is 0 Å². The third-order valence-electron chi connectivity index (χ3n) is 3.07. The molecular weight excluding hydrogens is 254 g/mol. The zero-order valence-electron chi connectivity index (χ0n) is 12.0. The molecule has 20 heavy (non-hydrogen) atoms. The van der Waals surface area contributed by atoms with Crippen LogP contribution in [0.5, 0.6) is 11.8 Å². The molecule has 1 heterocycles. The van der Waals surface area contributed by atoms with Crippen LogP contribution in [0.15, 0.2) is 30.5 Å². The highest BCUT2D eigenvalue weighted by molar-refractivity contribution is 5.28. The molecular formula is C15H19N3O2. The van der Waals surface area contributed by atoms with Crippen LogP contribution < -0.4 is 15.2 Å². The lowest BCUT2D eigenvalue weighted by Crippen LogP contribution is -2.17. The zero-order chi connectivity index (χ0) is 14.5. The van der Waals surface area contributed by atoms with Crippen LogP contribution in [0.25, 0.3) is 0 Å². The van der Waals surface area contributed by atoms with Crippen LogP contribution in [0.1, 0.15) is 22.9 Å². The summed E-state index contributed by atoms with van der Waals surface area (Å²) >= 11 is 0. The van der Waals surface area contributed by atoms with Crippen molar-refractivity contribution in [1.29, 1.82) is 0 Å². The van der Waals surface area contributed by atoms with E-state index in [0.29, 0.717) is 23.9 Å². The van der Waals surface area contributed by atoms with Gasteiger partial charge < -0.3 is 15.2 Å². The molecule has 106 valence electrons. The highest BCUT2D eigenvalue weighted by Crippen LogP contribution is 2.24. The van der Waals surface area contributed by atoms with Crippen molar-refractivity contribution in [3.8, 4) is 11.8 Å². The molecule has 0 saturated heterocycles. The van der Waals surface area contributed by atoms with Gasteiger partial charge in [-0.15, -0.1) is 0 Å². The highest BCUT2D eigenvalue weighted by Gasteiger charge is 2.16. The average Bonchev–Trinajstić information content (AvgIpc) is 2.48. The lowest BCUT2D eigenvalue weighted by atomic mass is 10.0. The van der Waals surface area contributed by atoms with Gasteiger partial charge in [-0.1, -0.05) is 29.8 Å². The number of aromatic nitrogens is 2. The molecule has 0 bridgehead atoms. The van der Waals surface area contributed by atoms with Crippen molar-refractivity contribution in [3.63, 3.8) is 0 Å². The fraction of sp³-hybridized carbons (Fsp3) is 0.333. The Morgan fingerprint density at radius 3 is 2.45 bits per heavy atom. The Balaban J connectivity index is 2.20. The number of hydrogen-bond donors (Lipinski definition) is 1. The second-order valence-electron chi connectivity index (χ2n) is 4.60. The first-order valence-corrected chi connectivity index (χ1v) is 6.40. The second-order valence-corrected chi connectivity index (χ2v) is 4.60. The highest BCUT2D eigenvalue weighted by atomic mass is 16.5. The van der Waals surface area contributed by atoms with E-state index in [1.54, 1.807) is 13.3 Å². The molecule has 0 spiro atoms. The predicted octanol–water partition coefficient (Wildman–Crippen LogP) is 2.04. The smallest absolute Gasteiger partial charge is 0.240 e. The summed E-state index contributed by atoms with van der Waals surface area (Å²) in [4.78, 5) is 8.50.